The molecule has 0 amide bonds. The second-order valence-electron chi connectivity index (χ2n) is 1.44. The topological polar surface area (TPSA) is 26.3 Å². The molecular formula is C6H11Cl3O2. The van der Waals surface area contributed by atoms with Crippen molar-refractivity contribution in [2.24, 2.45) is 0 Å². The third-order valence-corrected chi connectivity index (χ3v) is 0.809. The molecule has 0 aromatic carbocycles. The summed E-state index contributed by atoms with van der Waals surface area (Å²) in [5.41, 5.74) is 0. The largest absolute Gasteiger partial charge is 0.382 e. The van der Waals surface area contributed by atoms with Crippen LogP contribution in [0, 0.1) is 0 Å². The van der Waals surface area contributed by atoms with E-state index in [4.69, 9.17) is 39.5 Å². The van der Waals surface area contributed by atoms with Gasteiger partial charge in [-0.15, -0.1) is 0 Å². The van der Waals surface area contributed by atoms with Crippen LogP contribution in [0.2, 0.25) is 0 Å². The molecular weight excluding hydrogens is 210 g/mol. The van der Waals surface area contributed by atoms with Gasteiger partial charge < -0.3 is 4.74 Å². The van der Waals surface area contributed by atoms with Crippen LogP contribution in [0.25, 0.3) is 0 Å². The van der Waals surface area contributed by atoms with Crippen LogP contribution in [0.5, 0.6) is 0 Å². The van der Waals surface area contributed by atoms with Crippen LogP contribution in [-0.4, -0.2) is 23.3 Å². The van der Waals surface area contributed by atoms with Crippen LogP contribution in [0.4, 0.5) is 0 Å². The quantitative estimate of drug-likeness (QED) is 0.529. The van der Waals surface area contributed by atoms with Gasteiger partial charge in [0.2, 0.25) is 3.79 Å². The Kier molecular flexibility index (Phi) is 11.0. The molecule has 0 bridgehead atoms. The van der Waals surface area contributed by atoms with Gasteiger partial charge in [0.15, 0.2) is 6.29 Å². The number of ether oxygens (including phenoxy) is 1. The molecule has 68 valence electrons. The lowest BCUT2D eigenvalue weighted by Crippen LogP contribution is -2.00. The summed E-state index contributed by atoms with van der Waals surface area (Å²) in [4.78, 5) is 9.43. The maximum atomic E-state index is 9.43. The number of carbonyl (C=O) groups is 1. The van der Waals surface area contributed by atoms with Gasteiger partial charge in [-0.1, -0.05) is 34.8 Å². The van der Waals surface area contributed by atoms with Crippen LogP contribution in [0.1, 0.15) is 13.8 Å². The summed E-state index contributed by atoms with van der Waals surface area (Å²) in [6.07, 6.45) is 0.234. The Morgan fingerprint density at radius 2 is 1.55 bits per heavy atom. The molecule has 0 saturated carbocycles. The molecule has 0 aliphatic rings. The zero-order valence-corrected chi connectivity index (χ0v) is 8.71. The molecule has 0 fully saturated rings. The van der Waals surface area contributed by atoms with E-state index in [9.17, 15) is 4.79 Å². The lowest BCUT2D eigenvalue weighted by molar-refractivity contribution is -0.107. The molecule has 0 unspecified atom stereocenters. The van der Waals surface area contributed by atoms with E-state index in [0.717, 1.165) is 13.2 Å². The van der Waals surface area contributed by atoms with Gasteiger partial charge in [-0.25, -0.2) is 0 Å². The fraction of sp³-hybridized carbons (Fsp3) is 0.833. The number of alkyl halides is 3. The average molecular weight is 222 g/mol. The third kappa shape index (κ3) is 25.1. The van der Waals surface area contributed by atoms with E-state index in [2.05, 4.69) is 0 Å². The van der Waals surface area contributed by atoms with Crippen LogP contribution in [0.3, 0.4) is 0 Å². The summed E-state index contributed by atoms with van der Waals surface area (Å²) in [6.45, 7) is 5.67. The Morgan fingerprint density at radius 3 is 1.55 bits per heavy atom. The van der Waals surface area contributed by atoms with Crippen molar-refractivity contribution < 1.29 is 9.53 Å². The molecule has 0 aliphatic heterocycles. The minimum absolute atomic E-state index is 0.234. The Hall–Kier alpha value is 0.500. The number of hydrogen-bond donors (Lipinski definition) is 0. The highest BCUT2D eigenvalue weighted by Gasteiger charge is 2.16. The molecule has 0 aliphatic carbocycles. The second-order valence-corrected chi connectivity index (χ2v) is 3.81. The molecule has 0 saturated heterocycles. The van der Waals surface area contributed by atoms with Gasteiger partial charge in [-0.2, -0.15) is 0 Å². The first-order valence-electron chi connectivity index (χ1n) is 3.08. The van der Waals surface area contributed by atoms with Gasteiger partial charge in [0.1, 0.15) is 0 Å². The highest BCUT2D eigenvalue weighted by molar-refractivity contribution is 6.74. The average Bonchev–Trinajstić information content (AvgIpc) is 1.90. The molecule has 0 rings (SSSR count). The minimum Gasteiger partial charge on any atom is -0.382 e. The summed E-state index contributed by atoms with van der Waals surface area (Å²) in [6, 6.07) is 0. The Balaban J connectivity index is 0. The molecule has 0 spiro atoms. The van der Waals surface area contributed by atoms with Crippen LogP contribution in [0.15, 0.2) is 0 Å². The van der Waals surface area contributed by atoms with Crippen molar-refractivity contribution in [2.45, 2.75) is 17.6 Å². The maximum absolute atomic E-state index is 9.43. The van der Waals surface area contributed by atoms with Crippen molar-refractivity contribution in [1.82, 2.24) is 0 Å². The zero-order chi connectivity index (χ0) is 9.33. The van der Waals surface area contributed by atoms with E-state index >= 15 is 0 Å². The lowest BCUT2D eigenvalue weighted by Gasteiger charge is -1.93. The van der Waals surface area contributed by atoms with E-state index in [1.807, 2.05) is 13.8 Å². The number of carbonyl (C=O) groups excluding carboxylic acids is 1. The van der Waals surface area contributed by atoms with Gasteiger partial charge in [-0.3, -0.25) is 4.79 Å². The van der Waals surface area contributed by atoms with Crippen LogP contribution < -0.4 is 0 Å². The van der Waals surface area contributed by atoms with Crippen molar-refractivity contribution in [1.29, 1.82) is 0 Å². The Labute approximate surface area is 81.8 Å². The first-order valence-corrected chi connectivity index (χ1v) is 4.22. The lowest BCUT2D eigenvalue weighted by atomic mass is 10.8. The molecule has 0 aromatic heterocycles. The maximum Gasteiger partial charge on any atom is 0.245 e. The zero-order valence-electron chi connectivity index (χ0n) is 6.44. The Bertz CT molecular complexity index is 88.3. The number of hydrogen-bond acceptors (Lipinski definition) is 2. The van der Waals surface area contributed by atoms with Crippen molar-refractivity contribution >= 4 is 41.1 Å². The second kappa shape index (κ2) is 8.60. The molecule has 0 aromatic rings. The molecule has 11 heavy (non-hydrogen) atoms. The van der Waals surface area contributed by atoms with Crippen molar-refractivity contribution in [2.75, 3.05) is 13.2 Å². The number of halogens is 3. The molecule has 0 N–H and O–H groups in total. The molecule has 0 heterocycles. The fourth-order valence-electron chi connectivity index (χ4n) is 0.204. The highest BCUT2D eigenvalue weighted by Crippen LogP contribution is 2.21. The number of rotatable bonds is 2. The first kappa shape index (κ1) is 14.0. The van der Waals surface area contributed by atoms with Gasteiger partial charge in [0.25, 0.3) is 0 Å². The smallest absolute Gasteiger partial charge is 0.245 e. The number of aldehydes is 1. The van der Waals surface area contributed by atoms with Gasteiger partial charge in [0.05, 0.1) is 0 Å². The summed E-state index contributed by atoms with van der Waals surface area (Å²) in [7, 11) is 0. The Morgan fingerprint density at radius 1 is 1.27 bits per heavy atom. The predicted octanol–water partition coefficient (Wildman–Crippen LogP) is 2.60. The standard InChI is InChI=1S/C4H10O.C2HCl3O/c1-3-5-4-2;3-2(4,5)1-6/h3-4H2,1-2H3;1H. The van der Waals surface area contributed by atoms with Crippen molar-refractivity contribution in [3.8, 4) is 0 Å². The molecule has 0 radical (unpaired) electrons. The van der Waals surface area contributed by atoms with E-state index in [-0.39, 0.29) is 6.29 Å². The third-order valence-electron chi connectivity index (χ3n) is 0.542. The minimum atomic E-state index is -1.72. The van der Waals surface area contributed by atoms with Crippen LogP contribution in [-0.2, 0) is 9.53 Å². The summed E-state index contributed by atoms with van der Waals surface area (Å²) >= 11 is 14.6. The summed E-state index contributed by atoms with van der Waals surface area (Å²) < 4.78 is 3.11. The van der Waals surface area contributed by atoms with Gasteiger partial charge in [0, 0.05) is 13.2 Å². The molecule has 0 atom stereocenters. The fourth-order valence-corrected chi connectivity index (χ4v) is 0.204. The SMILES string of the molecule is CCOCC.O=CC(Cl)(Cl)Cl. The van der Waals surface area contributed by atoms with Crippen molar-refractivity contribution in [3.05, 3.63) is 0 Å². The predicted molar refractivity (Wildman–Crippen MR) is 48.5 cm³/mol. The molecule has 5 heteroatoms. The first-order chi connectivity index (χ1) is 4.97. The van der Waals surface area contributed by atoms with Crippen LogP contribution >= 0.6 is 34.8 Å². The monoisotopic (exact) mass is 220 g/mol. The van der Waals surface area contributed by atoms with Gasteiger partial charge >= 0.3 is 0 Å². The van der Waals surface area contributed by atoms with Gasteiger partial charge in [-0.05, 0) is 13.8 Å². The van der Waals surface area contributed by atoms with E-state index in [0.29, 0.717) is 0 Å². The summed E-state index contributed by atoms with van der Waals surface area (Å²) in [5, 5.41) is 0. The summed E-state index contributed by atoms with van der Waals surface area (Å²) in [5.74, 6) is 0. The molecule has 2 nitrogen and oxygen atoms in total. The normalized spacial score (nSPS) is 9.91. The van der Waals surface area contributed by atoms with E-state index in [1.54, 1.807) is 0 Å². The van der Waals surface area contributed by atoms with E-state index < -0.39 is 3.79 Å². The van der Waals surface area contributed by atoms with Crippen molar-refractivity contribution in [3.63, 3.8) is 0 Å². The van der Waals surface area contributed by atoms with E-state index in [1.165, 1.54) is 0 Å². The highest BCUT2D eigenvalue weighted by atomic mass is 35.6.